The summed E-state index contributed by atoms with van der Waals surface area (Å²) in [4.78, 5) is 26.0. The van der Waals surface area contributed by atoms with Crippen molar-refractivity contribution in [2.24, 2.45) is 15.9 Å². The fourth-order valence-corrected chi connectivity index (χ4v) is 3.43. The van der Waals surface area contributed by atoms with Gasteiger partial charge < -0.3 is 15.6 Å². The van der Waals surface area contributed by atoms with Gasteiger partial charge in [0, 0.05) is 12.0 Å². The molecule has 1 aliphatic rings. The third-order valence-corrected chi connectivity index (χ3v) is 4.96. The monoisotopic (exact) mass is 398 g/mol. The highest BCUT2D eigenvalue weighted by molar-refractivity contribution is 8.14. The summed E-state index contributed by atoms with van der Waals surface area (Å²) in [6.07, 6.45) is 1.38. The molecule has 0 bridgehead atoms. The van der Waals surface area contributed by atoms with Crippen molar-refractivity contribution in [1.29, 1.82) is 0 Å². The quantitative estimate of drug-likeness (QED) is 0.345. The third-order valence-electron chi connectivity index (χ3n) is 3.99. The first-order chi connectivity index (χ1) is 13.5. The number of phenols is 1. The van der Waals surface area contributed by atoms with Crippen molar-refractivity contribution in [3.8, 4) is 11.5 Å². The number of rotatable bonds is 5. The number of carbonyl (C=O) groups is 2. The summed E-state index contributed by atoms with van der Waals surface area (Å²) >= 11 is 0.979. The normalized spacial score (nSPS) is 17.5. The highest BCUT2D eigenvalue weighted by atomic mass is 32.2. The van der Waals surface area contributed by atoms with Crippen LogP contribution in [0.2, 0.25) is 0 Å². The van der Waals surface area contributed by atoms with Crippen molar-refractivity contribution in [2.45, 2.75) is 11.7 Å². The number of ether oxygens (including phenoxy) is 1. The van der Waals surface area contributed by atoms with Gasteiger partial charge in [-0.3, -0.25) is 9.59 Å². The van der Waals surface area contributed by atoms with E-state index in [2.05, 4.69) is 10.2 Å². The van der Waals surface area contributed by atoms with Gasteiger partial charge in [0.2, 0.25) is 11.8 Å². The second kappa shape index (κ2) is 8.57. The zero-order valence-electron chi connectivity index (χ0n) is 15.0. The Morgan fingerprint density at radius 2 is 1.96 bits per heavy atom. The molecule has 28 heavy (non-hydrogen) atoms. The number of imide groups is 1. The Morgan fingerprint density at radius 3 is 2.64 bits per heavy atom. The molecule has 0 spiro atoms. The van der Waals surface area contributed by atoms with Crippen molar-refractivity contribution in [2.75, 3.05) is 12.0 Å². The highest BCUT2D eigenvalue weighted by Crippen LogP contribution is 2.30. The van der Waals surface area contributed by atoms with Gasteiger partial charge >= 0.3 is 0 Å². The molecule has 0 saturated carbocycles. The Bertz CT molecular complexity index is 943. The van der Waals surface area contributed by atoms with Gasteiger partial charge in [0.25, 0.3) is 0 Å². The van der Waals surface area contributed by atoms with E-state index in [1.165, 1.54) is 19.4 Å². The molecule has 9 heteroatoms. The molecule has 1 atom stereocenters. The molecule has 0 radical (unpaired) electrons. The topological polar surface area (TPSA) is 118 Å². The van der Waals surface area contributed by atoms with Crippen LogP contribution >= 0.6 is 11.8 Å². The molecule has 1 heterocycles. The summed E-state index contributed by atoms with van der Waals surface area (Å²) in [6, 6.07) is 13.3. The number of anilines is 1. The Kier molecular flexibility index (Phi) is 5.95. The average Bonchev–Trinajstić information content (AvgIpc) is 2.96. The zero-order chi connectivity index (χ0) is 20.1. The first kappa shape index (κ1) is 19.4. The average molecular weight is 398 g/mol. The summed E-state index contributed by atoms with van der Waals surface area (Å²) in [5.74, 6) is 0.0352. The van der Waals surface area contributed by atoms with Crippen LogP contribution in [-0.2, 0) is 9.59 Å². The molecule has 1 fully saturated rings. The number of amides is 2. The number of carbonyl (C=O) groups excluding carboxylic acids is 2. The Hall–Kier alpha value is -3.33. The number of phenolic OH excluding ortho intramolecular Hbond substituents is 1. The predicted octanol–water partition coefficient (Wildman–Crippen LogP) is 2.11. The molecule has 2 aromatic carbocycles. The molecule has 1 saturated heterocycles. The zero-order valence-corrected chi connectivity index (χ0v) is 15.8. The number of hydrogen-bond donors (Lipinski definition) is 2. The number of hydrogen-bond acceptors (Lipinski definition) is 7. The second-order valence-electron chi connectivity index (χ2n) is 5.82. The summed E-state index contributed by atoms with van der Waals surface area (Å²) in [6.45, 7) is 0. The molecule has 3 N–H and O–H groups in total. The highest BCUT2D eigenvalue weighted by Gasteiger charge is 2.40. The van der Waals surface area contributed by atoms with Crippen LogP contribution in [-0.4, -0.2) is 40.7 Å². The number of aromatic hydroxyl groups is 1. The summed E-state index contributed by atoms with van der Waals surface area (Å²) in [5, 5.41) is 16.7. The van der Waals surface area contributed by atoms with Gasteiger partial charge in [-0.2, -0.15) is 5.10 Å². The number of nitrogens with zero attached hydrogens (tertiary/aromatic N) is 3. The van der Waals surface area contributed by atoms with Crippen molar-refractivity contribution in [3.05, 3.63) is 54.1 Å². The number of nitrogens with two attached hydrogens (primary N) is 1. The second-order valence-corrected chi connectivity index (χ2v) is 7.04. The Morgan fingerprint density at radius 1 is 1.25 bits per heavy atom. The smallest absolute Gasteiger partial charge is 0.247 e. The van der Waals surface area contributed by atoms with E-state index in [-0.39, 0.29) is 29.2 Å². The molecule has 0 aromatic heterocycles. The summed E-state index contributed by atoms with van der Waals surface area (Å²) < 4.78 is 5.08. The first-order valence-corrected chi connectivity index (χ1v) is 9.19. The van der Waals surface area contributed by atoms with E-state index in [4.69, 9.17) is 10.5 Å². The number of para-hydroxylation sites is 1. The van der Waals surface area contributed by atoms with Crippen LogP contribution in [0.15, 0.2) is 58.7 Å². The van der Waals surface area contributed by atoms with Crippen LogP contribution in [0.3, 0.4) is 0 Å². The molecular weight excluding hydrogens is 380 g/mol. The van der Waals surface area contributed by atoms with Gasteiger partial charge in [0.1, 0.15) is 16.7 Å². The van der Waals surface area contributed by atoms with Crippen molar-refractivity contribution in [3.63, 3.8) is 0 Å². The minimum atomic E-state index is -0.668. The largest absolute Gasteiger partial charge is 0.507 e. The number of thioether (sulfide) groups is 1. The van der Waals surface area contributed by atoms with Gasteiger partial charge in [-0.25, -0.2) is 4.90 Å². The fourth-order valence-electron chi connectivity index (χ4n) is 2.61. The maximum absolute atomic E-state index is 12.6. The number of methoxy groups -OCH3 is 1. The lowest BCUT2D eigenvalue weighted by atomic mass is 10.2. The fraction of sp³-hybridized carbons (Fsp3) is 0.158. The van der Waals surface area contributed by atoms with Crippen LogP contribution in [0, 0.1) is 0 Å². The van der Waals surface area contributed by atoms with Gasteiger partial charge in [-0.15, -0.1) is 5.10 Å². The van der Waals surface area contributed by atoms with E-state index in [1.54, 1.807) is 42.5 Å². The number of benzene rings is 2. The molecule has 2 aromatic rings. The lowest BCUT2D eigenvalue weighted by Gasteiger charge is -2.15. The van der Waals surface area contributed by atoms with E-state index in [0.29, 0.717) is 17.0 Å². The van der Waals surface area contributed by atoms with Crippen LogP contribution in [0.25, 0.3) is 0 Å². The maximum Gasteiger partial charge on any atom is 0.247 e. The van der Waals surface area contributed by atoms with E-state index >= 15 is 0 Å². The Balaban J connectivity index is 1.66. The SMILES string of the molecule is COc1ccc(N2C(=O)CC(SC(N)=NN=Cc3ccccc3O)C2=O)cc1. The minimum absolute atomic E-state index is 0.0228. The summed E-state index contributed by atoms with van der Waals surface area (Å²) in [5.41, 5.74) is 6.79. The van der Waals surface area contributed by atoms with E-state index in [1.807, 2.05) is 0 Å². The maximum atomic E-state index is 12.6. The van der Waals surface area contributed by atoms with Gasteiger partial charge in [-0.1, -0.05) is 23.9 Å². The lowest BCUT2D eigenvalue weighted by Crippen LogP contribution is -2.31. The predicted molar refractivity (Wildman–Crippen MR) is 109 cm³/mol. The molecule has 8 nitrogen and oxygen atoms in total. The van der Waals surface area contributed by atoms with Gasteiger partial charge in [0.15, 0.2) is 5.17 Å². The third kappa shape index (κ3) is 4.32. The van der Waals surface area contributed by atoms with E-state index in [0.717, 1.165) is 16.7 Å². The standard InChI is InChI=1S/C19H18N4O4S/c1-27-14-8-6-13(7-9-14)23-17(25)10-16(18(23)26)28-19(20)22-21-11-12-4-2-3-5-15(12)24/h2-9,11,16,24H,10H2,1H3,(H2,20,22). The first-order valence-electron chi connectivity index (χ1n) is 8.31. The van der Waals surface area contributed by atoms with Crippen LogP contribution in [0.4, 0.5) is 5.69 Å². The molecule has 1 unspecified atom stereocenters. The van der Waals surface area contributed by atoms with Crippen molar-refractivity contribution < 1.29 is 19.4 Å². The van der Waals surface area contributed by atoms with Crippen LogP contribution < -0.4 is 15.4 Å². The van der Waals surface area contributed by atoms with Crippen LogP contribution in [0.5, 0.6) is 11.5 Å². The van der Waals surface area contributed by atoms with Crippen molar-refractivity contribution in [1.82, 2.24) is 0 Å². The molecular formula is C19H18N4O4S. The van der Waals surface area contributed by atoms with Crippen LogP contribution in [0.1, 0.15) is 12.0 Å². The van der Waals surface area contributed by atoms with Crippen molar-refractivity contribution >= 4 is 40.6 Å². The molecule has 0 aliphatic carbocycles. The van der Waals surface area contributed by atoms with Gasteiger partial charge in [-0.05, 0) is 36.4 Å². The lowest BCUT2D eigenvalue weighted by molar-refractivity contribution is -0.121. The molecule has 3 rings (SSSR count). The minimum Gasteiger partial charge on any atom is -0.507 e. The molecule has 1 aliphatic heterocycles. The van der Waals surface area contributed by atoms with E-state index in [9.17, 15) is 14.7 Å². The Labute approximate surface area is 165 Å². The van der Waals surface area contributed by atoms with Gasteiger partial charge in [0.05, 0.1) is 19.0 Å². The number of amidine groups is 1. The summed E-state index contributed by atoms with van der Waals surface area (Å²) in [7, 11) is 1.54. The molecule has 144 valence electrons. The van der Waals surface area contributed by atoms with E-state index < -0.39 is 5.25 Å². The molecule has 2 amide bonds.